The van der Waals surface area contributed by atoms with E-state index in [1.165, 1.54) is 65.8 Å². The van der Waals surface area contributed by atoms with Crippen LogP contribution in [0.25, 0.3) is 43.6 Å². The zero-order chi connectivity index (χ0) is 25.5. The van der Waals surface area contributed by atoms with Crippen molar-refractivity contribution in [3.05, 3.63) is 77.0 Å². The molecule has 36 heavy (non-hydrogen) atoms. The molecule has 2 heteroatoms. The maximum atomic E-state index is 6.81. The van der Waals surface area contributed by atoms with Gasteiger partial charge in [-0.15, -0.1) is 0 Å². The van der Waals surface area contributed by atoms with Crippen molar-refractivity contribution in [2.75, 3.05) is 0 Å². The van der Waals surface area contributed by atoms with E-state index in [0.29, 0.717) is 5.92 Å². The third-order valence-corrected chi connectivity index (χ3v) is 7.99. The molecule has 0 aliphatic carbocycles. The van der Waals surface area contributed by atoms with Crippen LogP contribution in [0.4, 0.5) is 0 Å². The van der Waals surface area contributed by atoms with Gasteiger partial charge in [-0.25, -0.2) is 4.57 Å². The minimum absolute atomic E-state index is 0.0991. The van der Waals surface area contributed by atoms with Gasteiger partial charge in [0, 0.05) is 17.0 Å². The quantitative estimate of drug-likeness (QED) is 0.180. The van der Waals surface area contributed by atoms with Gasteiger partial charge in [0.05, 0.1) is 10.9 Å². The first-order valence-corrected chi connectivity index (χ1v) is 13.2. The Bertz CT molecular complexity index is 1720. The van der Waals surface area contributed by atoms with Crippen LogP contribution in [0, 0.1) is 19.8 Å². The topological polar surface area (TPSA) is 13.1 Å². The first kappa shape index (κ1) is 23.0. The van der Waals surface area contributed by atoms with Crippen molar-refractivity contribution in [1.29, 1.82) is 0 Å². The fourth-order valence-corrected chi connectivity index (χ4v) is 6.06. The minimum atomic E-state index is 0.0991. The molecule has 0 unspecified atom stereocenters. The Labute approximate surface area is 214 Å². The van der Waals surface area contributed by atoms with Gasteiger partial charge in [-0.1, -0.05) is 65.0 Å². The predicted octanol–water partition coefficient (Wildman–Crippen LogP) is 8.86. The number of aryl methyl sites for hydroxylation is 3. The van der Waals surface area contributed by atoms with Crippen LogP contribution in [-0.2, 0) is 18.9 Å². The summed E-state index contributed by atoms with van der Waals surface area (Å²) >= 11 is 0. The second-order valence-corrected chi connectivity index (χ2v) is 12.2. The van der Waals surface area contributed by atoms with Gasteiger partial charge in [-0.3, -0.25) is 0 Å². The van der Waals surface area contributed by atoms with E-state index >= 15 is 0 Å². The minimum Gasteiger partial charge on any atom is -0.455 e. The van der Waals surface area contributed by atoms with Gasteiger partial charge in [0.25, 0.3) is 0 Å². The SMILES string of the molecule is Cc1c2c(c(C)c3cc(CC(C)C)ccc13)-c1c3c(cc4ccc(C(C)(C)C)cc4c3cc[n+]1C)O2. The molecule has 2 nitrogen and oxygen atoms in total. The van der Waals surface area contributed by atoms with Crippen molar-refractivity contribution >= 4 is 32.3 Å². The number of fused-ring (bicyclic) bond motifs is 5. The van der Waals surface area contributed by atoms with Crippen molar-refractivity contribution in [2.24, 2.45) is 13.0 Å². The third-order valence-electron chi connectivity index (χ3n) is 7.99. The normalized spacial score (nSPS) is 13.0. The first-order valence-electron chi connectivity index (χ1n) is 13.2. The summed E-state index contributed by atoms with van der Waals surface area (Å²) in [6.45, 7) is 15.9. The van der Waals surface area contributed by atoms with Crippen LogP contribution in [-0.4, -0.2) is 0 Å². The highest BCUT2D eigenvalue weighted by atomic mass is 16.5. The molecular weight excluding hydrogens is 438 g/mol. The maximum Gasteiger partial charge on any atom is 0.228 e. The second-order valence-electron chi connectivity index (χ2n) is 12.2. The van der Waals surface area contributed by atoms with Crippen molar-refractivity contribution in [3.8, 4) is 22.8 Å². The van der Waals surface area contributed by atoms with E-state index < -0.39 is 0 Å². The average Bonchev–Trinajstić information content (AvgIpc) is 2.82. The molecule has 4 aromatic carbocycles. The molecule has 0 saturated heterocycles. The van der Waals surface area contributed by atoms with Gasteiger partial charge < -0.3 is 4.74 Å². The number of benzene rings is 4. The number of ether oxygens (including phenoxy) is 1. The molecule has 0 saturated carbocycles. The van der Waals surface area contributed by atoms with Gasteiger partial charge >= 0.3 is 0 Å². The molecule has 0 atom stereocenters. The highest BCUT2D eigenvalue weighted by Crippen LogP contribution is 2.51. The van der Waals surface area contributed by atoms with Gasteiger partial charge in [0.2, 0.25) is 5.69 Å². The van der Waals surface area contributed by atoms with E-state index in [-0.39, 0.29) is 5.41 Å². The molecule has 1 aliphatic heterocycles. The van der Waals surface area contributed by atoms with Crippen LogP contribution >= 0.6 is 0 Å². The summed E-state index contributed by atoms with van der Waals surface area (Å²) in [6.07, 6.45) is 3.31. The lowest BCUT2D eigenvalue weighted by Gasteiger charge is -2.25. The van der Waals surface area contributed by atoms with E-state index in [9.17, 15) is 0 Å². The van der Waals surface area contributed by atoms with Crippen molar-refractivity contribution in [2.45, 2.75) is 60.3 Å². The Morgan fingerprint density at radius 1 is 0.833 bits per heavy atom. The van der Waals surface area contributed by atoms with Crippen molar-refractivity contribution in [3.63, 3.8) is 0 Å². The summed E-state index contributed by atoms with van der Waals surface area (Å²) in [5, 5.41) is 7.62. The summed E-state index contributed by atoms with van der Waals surface area (Å²) in [6, 6.07) is 18.4. The molecule has 0 spiro atoms. The number of nitrogens with zero attached hydrogens (tertiary/aromatic N) is 1. The predicted molar refractivity (Wildman–Crippen MR) is 152 cm³/mol. The van der Waals surface area contributed by atoms with E-state index in [1.54, 1.807) is 0 Å². The van der Waals surface area contributed by atoms with Crippen LogP contribution in [0.15, 0.2) is 54.7 Å². The van der Waals surface area contributed by atoms with E-state index in [2.05, 4.69) is 115 Å². The Hall–Kier alpha value is -3.39. The molecule has 1 aromatic heterocycles. The summed E-state index contributed by atoms with van der Waals surface area (Å²) in [5.74, 6) is 2.59. The summed E-state index contributed by atoms with van der Waals surface area (Å²) < 4.78 is 9.09. The zero-order valence-corrected chi connectivity index (χ0v) is 22.8. The number of hydrogen-bond donors (Lipinski definition) is 0. The lowest BCUT2D eigenvalue weighted by molar-refractivity contribution is -0.659. The number of pyridine rings is 1. The molecule has 0 fully saturated rings. The van der Waals surface area contributed by atoms with Crippen LogP contribution in [0.3, 0.4) is 0 Å². The third kappa shape index (κ3) is 3.34. The zero-order valence-electron chi connectivity index (χ0n) is 22.8. The van der Waals surface area contributed by atoms with E-state index in [1.807, 2.05) is 0 Å². The first-order chi connectivity index (χ1) is 17.0. The molecule has 1 aliphatic rings. The Morgan fingerprint density at radius 2 is 1.61 bits per heavy atom. The summed E-state index contributed by atoms with van der Waals surface area (Å²) in [7, 11) is 2.16. The lowest BCUT2D eigenvalue weighted by atomic mass is 9.84. The highest BCUT2D eigenvalue weighted by molar-refractivity contribution is 6.16. The van der Waals surface area contributed by atoms with Crippen LogP contribution in [0.1, 0.15) is 56.9 Å². The van der Waals surface area contributed by atoms with Gasteiger partial charge in [0.15, 0.2) is 6.20 Å². The van der Waals surface area contributed by atoms with Gasteiger partial charge in [-0.05, 0) is 82.0 Å². The maximum absolute atomic E-state index is 6.81. The molecule has 5 aromatic rings. The smallest absolute Gasteiger partial charge is 0.228 e. The fraction of sp³-hybridized carbons (Fsp3) is 0.324. The van der Waals surface area contributed by atoms with Gasteiger partial charge in [0.1, 0.15) is 18.5 Å². The molecular formula is C34H36NO+. The van der Waals surface area contributed by atoms with Crippen LogP contribution in [0.2, 0.25) is 0 Å². The molecule has 0 bridgehead atoms. The number of rotatable bonds is 2. The van der Waals surface area contributed by atoms with E-state index in [4.69, 9.17) is 4.74 Å². The summed E-state index contributed by atoms with van der Waals surface area (Å²) in [4.78, 5) is 0. The van der Waals surface area contributed by atoms with Crippen molar-refractivity contribution < 1.29 is 9.30 Å². The lowest BCUT2D eigenvalue weighted by Crippen LogP contribution is -2.32. The molecule has 0 amide bonds. The largest absolute Gasteiger partial charge is 0.455 e. The molecule has 6 rings (SSSR count). The number of hydrogen-bond acceptors (Lipinski definition) is 1. The Kier molecular flexibility index (Phi) is 4.99. The number of aromatic nitrogens is 1. The second kappa shape index (κ2) is 7.80. The highest BCUT2D eigenvalue weighted by Gasteiger charge is 2.32. The molecule has 2 heterocycles. The Balaban J connectivity index is 1.72. The average molecular weight is 475 g/mol. The monoisotopic (exact) mass is 474 g/mol. The summed E-state index contributed by atoms with van der Waals surface area (Å²) in [5.41, 5.74) is 7.86. The van der Waals surface area contributed by atoms with E-state index in [0.717, 1.165) is 17.9 Å². The molecule has 0 radical (unpaired) electrons. The Morgan fingerprint density at radius 3 is 2.33 bits per heavy atom. The van der Waals surface area contributed by atoms with Crippen LogP contribution < -0.4 is 9.30 Å². The standard InChI is InChI=1S/C34H36NO/c1-19(2)15-22-9-12-25-21(4)33-30(20(3)27(25)16-22)32-31-26(13-14-35(32)8)28-18-24(34(5,6)7)11-10-23(28)17-29(31)36-33/h9-14,16-19H,15H2,1-8H3/q+1. The molecule has 0 N–H and O–H groups in total. The fourth-order valence-electron chi connectivity index (χ4n) is 6.06. The molecule has 182 valence electrons. The van der Waals surface area contributed by atoms with Crippen molar-refractivity contribution in [1.82, 2.24) is 0 Å². The van der Waals surface area contributed by atoms with Crippen LogP contribution in [0.5, 0.6) is 11.5 Å². The van der Waals surface area contributed by atoms with Gasteiger partial charge in [-0.2, -0.15) is 0 Å².